The van der Waals surface area contributed by atoms with Crippen molar-refractivity contribution in [1.29, 1.82) is 0 Å². The highest BCUT2D eigenvalue weighted by Gasteiger charge is 2.36. The second-order valence-electron chi connectivity index (χ2n) is 8.68. The zero-order chi connectivity index (χ0) is 23.6. The number of hydrogen-bond donors (Lipinski definition) is 0. The maximum atomic E-state index is 13.4. The molecule has 1 unspecified atom stereocenters. The number of carbonyl (C=O) groups excluding carboxylic acids is 1. The van der Waals surface area contributed by atoms with Crippen molar-refractivity contribution in [3.8, 4) is 11.5 Å². The molecule has 1 heterocycles. The second-order valence-corrected chi connectivity index (χ2v) is 8.68. The summed E-state index contributed by atoms with van der Waals surface area (Å²) in [4.78, 5) is 17.4. The van der Waals surface area contributed by atoms with Gasteiger partial charge in [0.25, 0.3) is 0 Å². The van der Waals surface area contributed by atoms with Crippen LogP contribution >= 0.6 is 0 Å². The van der Waals surface area contributed by atoms with Gasteiger partial charge in [0.05, 0.1) is 32.4 Å². The van der Waals surface area contributed by atoms with E-state index in [1.807, 2.05) is 23.1 Å². The van der Waals surface area contributed by atoms with E-state index in [4.69, 9.17) is 9.47 Å². The van der Waals surface area contributed by atoms with Crippen molar-refractivity contribution in [2.75, 3.05) is 27.3 Å². The molecule has 1 saturated carbocycles. The number of benzene rings is 2. The van der Waals surface area contributed by atoms with E-state index in [9.17, 15) is 18.0 Å². The number of methoxy groups -OCH3 is 2. The van der Waals surface area contributed by atoms with E-state index in [-0.39, 0.29) is 18.5 Å². The number of halogens is 3. The maximum absolute atomic E-state index is 13.4. The fourth-order valence-corrected chi connectivity index (χ4v) is 4.54. The van der Waals surface area contributed by atoms with Crippen molar-refractivity contribution < 1.29 is 27.4 Å². The minimum atomic E-state index is -4.35. The van der Waals surface area contributed by atoms with Crippen LogP contribution in [-0.2, 0) is 17.5 Å². The van der Waals surface area contributed by atoms with Gasteiger partial charge in [-0.1, -0.05) is 12.1 Å². The zero-order valence-corrected chi connectivity index (χ0v) is 18.9. The largest absolute Gasteiger partial charge is 0.497 e. The van der Waals surface area contributed by atoms with E-state index < -0.39 is 11.7 Å². The molecule has 2 aromatic carbocycles. The lowest BCUT2D eigenvalue weighted by Crippen LogP contribution is -2.40. The number of amides is 1. The summed E-state index contributed by atoms with van der Waals surface area (Å²) in [6, 6.07) is 11.0. The van der Waals surface area contributed by atoms with Gasteiger partial charge in [-0.05, 0) is 61.6 Å². The predicted octanol–water partition coefficient (Wildman–Crippen LogP) is 5.05. The summed E-state index contributed by atoms with van der Waals surface area (Å²) in [7, 11) is 3.23. The topological polar surface area (TPSA) is 42.0 Å². The van der Waals surface area contributed by atoms with Gasteiger partial charge >= 0.3 is 6.18 Å². The molecule has 5 nitrogen and oxygen atoms in total. The van der Waals surface area contributed by atoms with Crippen LogP contribution in [0.5, 0.6) is 11.5 Å². The molecule has 8 heteroatoms. The summed E-state index contributed by atoms with van der Waals surface area (Å²) in [5, 5.41) is 0. The number of rotatable bonds is 8. The zero-order valence-electron chi connectivity index (χ0n) is 18.9. The molecule has 178 valence electrons. The van der Waals surface area contributed by atoms with Gasteiger partial charge in [-0.25, -0.2) is 0 Å². The number of nitrogens with zero attached hydrogens (tertiary/aromatic N) is 2. The van der Waals surface area contributed by atoms with E-state index in [0.29, 0.717) is 24.9 Å². The Balaban J connectivity index is 1.47. The molecule has 33 heavy (non-hydrogen) atoms. The van der Waals surface area contributed by atoms with Crippen LogP contribution in [0, 0.1) is 0 Å². The first kappa shape index (κ1) is 23.4. The van der Waals surface area contributed by atoms with Crippen LogP contribution in [0.2, 0.25) is 0 Å². The van der Waals surface area contributed by atoms with E-state index >= 15 is 0 Å². The second kappa shape index (κ2) is 9.63. The number of alkyl halides is 3. The molecule has 1 aliphatic heterocycles. The van der Waals surface area contributed by atoms with Gasteiger partial charge in [0.2, 0.25) is 5.91 Å². The van der Waals surface area contributed by atoms with Crippen LogP contribution in [0.4, 0.5) is 13.2 Å². The van der Waals surface area contributed by atoms with Gasteiger partial charge < -0.3 is 14.4 Å². The molecule has 2 aliphatic rings. The fraction of sp³-hybridized carbons (Fsp3) is 0.480. The van der Waals surface area contributed by atoms with Crippen molar-refractivity contribution in [2.24, 2.45) is 0 Å². The lowest BCUT2D eigenvalue weighted by molar-refractivity contribution is -0.137. The summed E-state index contributed by atoms with van der Waals surface area (Å²) in [5.74, 6) is 1.47. The Hall–Kier alpha value is -2.74. The van der Waals surface area contributed by atoms with E-state index in [1.165, 1.54) is 12.1 Å². The molecule has 1 saturated heterocycles. The third-order valence-corrected chi connectivity index (χ3v) is 6.44. The Morgan fingerprint density at radius 1 is 1.06 bits per heavy atom. The molecular formula is C25H29F3N2O3. The van der Waals surface area contributed by atoms with Crippen LogP contribution in [0.15, 0.2) is 42.5 Å². The maximum Gasteiger partial charge on any atom is 0.416 e. The predicted molar refractivity (Wildman–Crippen MR) is 118 cm³/mol. The normalized spacial score (nSPS) is 18.6. The monoisotopic (exact) mass is 462 g/mol. The molecule has 0 bridgehead atoms. The Morgan fingerprint density at radius 3 is 2.39 bits per heavy atom. The van der Waals surface area contributed by atoms with Gasteiger partial charge in [-0.15, -0.1) is 0 Å². The van der Waals surface area contributed by atoms with Gasteiger partial charge in [0.15, 0.2) is 0 Å². The van der Waals surface area contributed by atoms with E-state index in [2.05, 4.69) is 4.90 Å². The first-order valence-electron chi connectivity index (χ1n) is 11.2. The molecular weight excluding hydrogens is 433 g/mol. The number of likely N-dealkylation sites (tertiary alicyclic amines) is 1. The number of carbonyl (C=O) groups is 1. The third-order valence-electron chi connectivity index (χ3n) is 6.44. The first-order valence-corrected chi connectivity index (χ1v) is 11.2. The molecule has 2 aromatic rings. The van der Waals surface area contributed by atoms with Gasteiger partial charge in [0.1, 0.15) is 11.5 Å². The molecule has 0 N–H and O–H groups in total. The Bertz CT molecular complexity index is 974. The summed E-state index contributed by atoms with van der Waals surface area (Å²) in [5.41, 5.74) is 1.05. The molecule has 1 aliphatic carbocycles. The molecule has 0 aromatic heterocycles. The fourth-order valence-electron chi connectivity index (χ4n) is 4.54. The van der Waals surface area contributed by atoms with Crippen LogP contribution in [-0.4, -0.2) is 49.1 Å². The van der Waals surface area contributed by atoms with Crippen molar-refractivity contribution in [2.45, 2.75) is 50.5 Å². The minimum absolute atomic E-state index is 0.0289. The molecule has 0 spiro atoms. The lowest BCUT2D eigenvalue weighted by atomic mass is 10.0. The molecule has 4 rings (SSSR count). The SMILES string of the molecule is COc1ccc(OC)c(C2CCCN2C(=O)CN(Cc2ccc(C(F)(F)F)cc2)C2CC2)c1. The molecule has 1 amide bonds. The minimum Gasteiger partial charge on any atom is -0.497 e. The van der Waals surface area contributed by atoms with Crippen LogP contribution < -0.4 is 9.47 Å². The van der Waals surface area contributed by atoms with E-state index in [1.54, 1.807) is 14.2 Å². The van der Waals surface area contributed by atoms with Crippen LogP contribution in [0.25, 0.3) is 0 Å². The van der Waals surface area contributed by atoms with Gasteiger partial charge in [-0.3, -0.25) is 9.69 Å². The third kappa shape index (κ3) is 5.43. The highest BCUT2D eigenvalue weighted by molar-refractivity contribution is 5.79. The Kier molecular flexibility index (Phi) is 6.83. The molecule has 1 atom stereocenters. The van der Waals surface area contributed by atoms with Crippen molar-refractivity contribution >= 4 is 5.91 Å². The van der Waals surface area contributed by atoms with Gasteiger partial charge in [-0.2, -0.15) is 13.2 Å². The lowest BCUT2D eigenvalue weighted by Gasteiger charge is -2.30. The summed E-state index contributed by atoms with van der Waals surface area (Å²) in [6.45, 7) is 1.37. The van der Waals surface area contributed by atoms with Crippen LogP contribution in [0.1, 0.15) is 48.4 Å². The molecule has 0 radical (unpaired) electrons. The quantitative estimate of drug-likeness (QED) is 0.551. The smallest absolute Gasteiger partial charge is 0.416 e. The first-order chi connectivity index (χ1) is 15.8. The highest BCUT2D eigenvalue weighted by atomic mass is 19.4. The summed E-state index contributed by atoms with van der Waals surface area (Å²) >= 11 is 0. The van der Waals surface area contributed by atoms with E-state index in [0.717, 1.165) is 54.7 Å². The number of ether oxygens (including phenoxy) is 2. The van der Waals surface area contributed by atoms with Crippen molar-refractivity contribution in [3.05, 3.63) is 59.2 Å². The highest BCUT2D eigenvalue weighted by Crippen LogP contribution is 2.39. The van der Waals surface area contributed by atoms with Crippen molar-refractivity contribution in [3.63, 3.8) is 0 Å². The van der Waals surface area contributed by atoms with Crippen LogP contribution in [0.3, 0.4) is 0 Å². The molecule has 2 fully saturated rings. The van der Waals surface area contributed by atoms with Crippen molar-refractivity contribution in [1.82, 2.24) is 9.80 Å². The summed E-state index contributed by atoms with van der Waals surface area (Å²) in [6.07, 6.45) is -0.602. The number of hydrogen-bond acceptors (Lipinski definition) is 4. The average Bonchev–Trinajstić information content (AvgIpc) is 3.54. The Morgan fingerprint density at radius 2 is 1.79 bits per heavy atom. The Labute approximate surface area is 192 Å². The van der Waals surface area contributed by atoms with Gasteiger partial charge in [0, 0.05) is 24.7 Å². The summed E-state index contributed by atoms with van der Waals surface area (Å²) < 4.78 is 49.5. The standard InChI is InChI=1S/C25H29F3N2O3/c1-32-20-11-12-23(33-2)21(14-20)22-4-3-13-30(22)24(31)16-29(19-9-10-19)15-17-5-7-18(8-6-17)25(26,27)28/h5-8,11-12,14,19,22H,3-4,9-10,13,15-16H2,1-2H3. The average molecular weight is 463 g/mol.